The third-order valence-electron chi connectivity index (χ3n) is 3.72. The minimum absolute atomic E-state index is 0.00220. The smallest absolute Gasteiger partial charge is 0.286 e. The molecular weight excluding hydrogens is 307 g/mol. The molecule has 1 atom stereocenters. The van der Waals surface area contributed by atoms with Crippen LogP contribution in [-0.4, -0.2) is 45.4 Å². The first-order valence-corrected chi connectivity index (χ1v) is 7.78. The molecule has 2 aliphatic heterocycles. The Kier molecular flexibility index (Phi) is 4.17. The molecule has 0 bridgehead atoms. The molecule has 0 aromatic heterocycles. The number of rotatable bonds is 2. The summed E-state index contributed by atoms with van der Waals surface area (Å²) in [5, 5.41) is 19.6. The molecule has 0 unspecified atom stereocenters. The summed E-state index contributed by atoms with van der Waals surface area (Å²) in [4.78, 5) is 18.3. The van der Waals surface area contributed by atoms with Crippen molar-refractivity contribution in [2.75, 3.05) is 13.2 Å². The summed E-state index contributed by atoms with van der Waals surface area (Å²) in [6, 6.07) is 3.63. The average molecular weight is 322 g/mol. The van der Waals surface area contributed by atoms with Crippen LogP contribution in [0.2, 0.25) is 0 Å². The number of amidine groups is 1. The van der Waals surface area contributed by atoms with Crippen LogP contribution in [-0.2, 0) is 4.79 Å². The topological polar surface area (TPSA) is 73.1 Å². The molecule has 0 saturated carbocycles. The van der Waals surface area contributed by atoms with Crippen LogP contribution in [0.15, 0.2) is 28.1 Å². The molecule has 2 heterocycles. The first kappa shape index (κ1) is 15.1. The minimum atomic E-state index is -0.537. The molecule has 3 rings (SSSR count). The summed E-state index contributed by atoms with van der Waals surface area (Å²) in [5.41, 5.74) is 0.369. The Morgan fingerprint density at radius 3 is 3.05 bits per heavy atom. The highest BCUT2D eigenvalue weighted by molar-refractivity contribution is 8.18. The number of aliphatic imine (C=N–C) groups is 1. The fourth-order valence-electron chi connectivity index (χ4n) is 2.58. The Hall–Kier alpha value is -1.86. The number of hydrogen-bond acceptors (Lipinski definition) is 5. The number of halogens is 1. The summed E-state index contributed by atoms with van der Waals surface area (Å²) < 4.78 is 13.0. The van der Waals surface area contributed by atoms with Crippen molar-refractivity contribution in [3.05, 3.63) is 34.5 Å². The zero-order valence-corrected chi connectivity index (χ0v) is 12.5. The van der Waals surface area contributed by atoms with Crippen molar-refractivity contribution in [1.82, 2.24) is 4.90 Å². The lowest BCUT2D eigenvalue weighted by atomic mass is 10.2. The van der Waals surface area contributed by atoms with E-state index in [-0.39, 0.29) is 24.3 Å². The van der Waals surface area contributed by atoms with Crippen LogP contribution in [0.5, 0.6) is 5.75 Å². The molecule has 1 aromatic carbocycles. The second-order valence-electron chi connectivity index (χ2n) is 5.19. The Morgan fingerprint density at radius 2 is 2.32 bits per heavy atom. The Balaban J connectivity index is 1.81. The molecule has 5 nitrogen and oxygen atoms in total. The van der Waals surface area contributed by atoms with E-state index >= 15 is 0 Å². The van der Waals surface area contributed by atoms with Crippen molar-refractivity contribution >= 4 is 28.9 Å². The van der Waals surface area contributed by atoms with Crippen molar-refractivity contribution in [2.45, 2.75) is 18.9 Å². The number of phenols is 1. The summed E-state index contributed by atoms with van der Waals surface area (Å²) in [6.07, 6.45) is 3.33. The number of phenolic OH excluding ortho intramolecular Hbond substituents is 1. The molecule has 1 saturated heterocycles. The molecular formula is C15H15FN2O3S. The van der Waals surface area contributed by atoms with Crippen molar-refractivity contribution < 1.29 is 19.4 Å². The maximum absolute atomic E-state index is 13.0. The lowest BCUT2D eigenvalue weighted by Gasteiger charge is -2.23. The number of likely N-dealkylation sites (tertiary alicyclic amines) is 1. The van der Waals surface area contributed by atoms with Gasteiger partial charge in [-0.15, -0.1) is 0 Å². The first-order chi connectivity index (χ1) is 10.6. The van der Waals surface area contributed by atoms with Gasteiger partial charge in [-0.3, -0.25) is 4.79 Å². The molecule has 0 spiro atoms. The third kappa shape index (κ3) is 2.86. The zero-order valence-electron chi connectivity index (χ0n) is 11.7. The van der Waals surface area contributed by atoms with Gasteiger partial charge in [0.05, 0.1) is 17.6 Å². The molecule has 0 radical (unpaired) electrons. The maximum atomic E-state index is 13.0. The molecule has 7 heteroatoms. The molecule has 1 fully saturated rings. The summed E-state index contributed by atoms with van der Waals surface area (Å²) in [5.74, 6) is -1.14. The normalized spacial score (nSPS) is 23.5. The zero-order chi connectivity index (χ0) is 15.7. The van der Waals surface area contributed by atoms with Crippen LogP contribution in [0, 0.1) is 5.82 Å². The Bertz CT molecular complexity index is 675. The van der Waals surface area contributed by atoms with Gasteiger partial charge >= 0.3 is 0 Å². The van der Waals surface area contributed by atoms with Gasteiger partial charge in [0.25, 0.3) is 5.91 Å². The standard InChI is InChI=1S/C15H15FN2O3S/c16-10-4-3-9(12(20)7-10)6-13-14(21)17-15(22-13)18-5-1-2-11(18)8-19/h3-4,6-7,11,19-20H,1-2,5,8H2/b13-6-/t11-/m1/s1. The van der Waals surface area contributed by atoms with Gasteiger partial charge in [-0.2, -0.15) is 4.99 Å². The van der Waals surface area contributed by atoms with Gasteiger partial charge in [0, 0.05) is 18.2 Å². The number of carbonyl (C=O) groups excluding carboxylic acids is 1. The number of nitrogens with zero attached hydrogens (tertiary/aromatic N) is 2. The van der Waals surface area contributed by atoms with E-state index in [2.05, 4.69) is 4.99 Å². The van der Waals surface area contributed by atoms with E-state index in [1.165, 1.54) is 30.0 Å². The van der Waals surface area contributed by atoms with Crippen molar-refractivity contribution in [3.8, 4) is 5.75 Å². The molecule has 1 aromatic rings. The SMILES string of the molecule is O=C1N=C(N2CCC[C@@H]2CO)S/C1=C\c1ccc(F)cc1O. The van der Waals surface area contributed by atoms with Gasteiger partial charge in [0.2, 0.25) is 0 Å². The molecule has 1 amide bonds. The largest absolute Gasteiger partial charge is 0.507 e. The van der Waals surface area contributed by atoms with E-state index in [1.54, 1.807) is 0 Å². The van der Waals surface area contributed by atoms with Crippen LogP contribution < -0.4 is 0 Å². The number of amides is 1. The fraction of sp³-hybridized carbons (Fsp3) is 0.333. The van der Waals surface area contributed by atoms with E-state index in [4.69, 9.17) is 0 Å². The molecule has 22 heavy (non-hydrogen) atoms. The number of aliphatic hydroxyl groups is 1. The number of aliphatic hydroxyl groups excluding tert-OH is 1. The van der Waals surface area contributed by atoms with Gasteiger partial charge in [0.15, 0.2) is 5.17 Å². The van der Waals surface area contributed by atoms with Crippen molar-refractivity contribution in [3.63, 3.8) is 0 Å². The van der Waals surface area contributed by atoms with E-state index in [1.807, 2.05) is 4.90 Å². The van der Waals surface area contributed by atoms with Gasteiger partial charge in [-0.25, -0.2) is 4.39 Å². The Morgan fingerprint density at radius 1 is 1.50 bits per heavy atom. The molecule has 116 valence electrons. The highest BCUT2D eigenvalue weighted by Gasteiger charge is 2.32. The van der Waals surface area contributed by atoms with Crippen LogP contribution in [0.25, 0.3) is 6.08 Å². The number of hydrogen-bond donors (Lipinski definition) is 2. The first-order valence-electron chi connectivity index (χ1n) is 6.97. The number of thioether (sulfide) groups is 1. The molecule has 0 aliphatic carbocycles. The predicted octanol–water partition coefficient (Wildman–Crippen LogP) is 1.96. The lowest BCUT2D eigenvalue weighted by molar-refractivity contribution is -0.113. The second-order valence-corrected chi connectivity index (χ2v) is 6.19. The van der Waals surface area contributed by atoms with Crippen LogP contribution in [0.4, 0.5) is 4.39 Å². The fourth-order valence-corrected chi connectivity index (χ4v) is 3.58. The molecule has 2 aliphatic rings. The quantitative estimate of drug-likeness (QED) is 0.814. The van der Waals surface area contributed by atoms with Crippen LogP contribution in [0.3, 0.4) is 0 Å². The van der Waals surface area contributed by atoms with E-state index in [0.29, 0.717) is 15.6 Å². The molecule has 2 N–H and O–H groups in total. The second kappa shape index (κ2) is 6.10. The van der Waals surface area contributed by atoms with Crippen molar-refractivity contribution in [1.29, 1.82) is 0 Å². The van der Waals surface area contributed by atoms with Gasteiger partial charge < -0.3 is 15.1 Å². The Labute approximate surface area is 131 Å². The average Bonchev–Trinajstić information content (AvgIpc) is 3.08. The minimum Gasteiger partial charge on any atom is -0.507 e. The number of aromatic hydroxyl groups is 1. The summed E-state index contributed by atoms with van der Waals surface area (Å²) in [7, 11) is 0. The van der Waals surface area contributed by atoms with E-state index in [0.717, 1.165) is 25.5 Å². The maximum Gasteiger partial charge on any atom is 0.286 e. The highest BCUT2D eigenvalue weighted by atomic mass is 32.2. The van der Waals surface area contributed by atoms with Gasteiger partial charge in [-0.1, -0.05) is 0 Å². The van der Waals surface area contributed by atoms with E-state index in [9.17, 15) is 19.4 Å². The van der Waals surface area contributed by atoms with Gasteiger partial charge in [0.1, 0.15) is 11.6 Å². The monoisotopic (exact) mass is 322 g/mol. The van der Waals surface area contributed by atoms with Crippen LogP contribution >= 0.6 is 11.8 Å². The number of carbonyl (C=O) groups is 1. The number of benzene rings is 1. The predicted molar refractivity (Wildman–Crippen MR) is 82.9 cm³/mol. The van der Waals surface area contributed by atoms with Crippen LogP contribution in [0.1, 0.15) is 18.4 Å². The lowest BCUT2D eigenvalue weighted by Crippen LogP contribution is -2.35. The van der Waals surface area contributed by atoms with E-state index < -0.39 is 5.82 Å². The van der Waals surface area contributed by atoms with Crippen molar-refractivity contribution in [2.24, 2.45) is 4.99 Å². The highest BCUT2D eigenvalue weighted by Crippen LogP contribution is 2.34. The van der Waals surface area contributed by atoms with Gasteiger partial charge in [-0.05, 0) is 42.8 Å². The summed E-state index contributed by atoms with van der Waals surface area (Å²) >= 11 is 1.21. The third-order valence-corrected chi connectivity index (χ3v) is 4.74. The summed E-state index contributed by atoms with van der Waals surface area (Å²) in [6.45, 7) is 0.797.